The van der Waals surface area contributed by atoms with Crippen molar-refractivity contribution >= 4 is 51.3 Å². The van der Waals surface area contributed by atoms with Gasteiger partial charge in [-0.1, -0.05) is 6.07 Å². The fourth-order valence-corrected chi connectivity index (χ4v) is 6.14. The van der Waals surface area contributed by atoms with E-state index >= 15 is 0 Å². The maximum Gasteiger partial charge on any atom is 0.303 e. The standard InChI is InChI=1S/C24H27N5O5S2/c1-14-21(28-36(33,34)24-15(2)27-16(3)35-24)12-18(13-26-14)17-8-9-20(25-4)19(11-17)23(32)29(5)10-6-7-22(30)31/h8-9,11-13,28H,4,6-7,10H2,1-3,5H3,(H,30,31). The van der Waals surface area contributed by atoms with E-state index in [1.165, 1.54) is 4.90 Å². The van der Waals surface area contributed by atoms with Crippen LogP contribution in [0.5, 0.6) is 0 Å². The molecule has 1 aromatic carbocycles. The maximum atomic E-state index is 13.1. The van der Waals surface area contributed by atoms with Crippen molar-refractivity contribution in [2.24, 2.45) is 4.99 Å². The van der Waals surface area contributed by atoms with Crippen LogP contribution in [0.1, 0.15) is 39.6 Å². The van der Waals surface area contributed by atoms with Crippen molar-refractivity contribution in [1.82, 2.24) is 14.9 Å². The molecule has 0 radical (unpaired) electrons. The van der Waals surface area contributed by atoms with Crippen molar-refractivity contribution in [3.63, 3.8) is 0 Å². The van der Waals surface area contributed by atoms with Crippen molar-refractivity contribution in [1.29, 1.82) is 0 Å². The second-order valence-electron chi connectivity index (χ2n) is 8.18. The number of carbonyl (C=O) groups is 2. The Kier molecular flexibility index (Phi) is 8.21. The second kappa shape index (κ2) is 11.0. The number of hydrogen-bond acceptors (Lipinski definition) is 8. The zero-order valence-corrected chi connectivity index (χ0v) is 22.0. The predicted molar refractivity (Wildman–Crippen MR) is 140 cm³/mol. The van der Waals surface area contributed by atoms with Gasteiger partial charge < -0.3 is 10.0 Å². The number of rotatable bonds is 10. The first-order valence-corrected chi connectivity index (χ1v) is 13.2. The fraction of sp³-hybridized carbons (Fsp3) is 0.292. The largest absolute Gasteiger partial charge is 0.481 e. The van der Waals surface area contributed by atoms with Crippen LogP contribution in [0, 0.1) is 20.8 Å². The Balaban J connectivity index is 1.93. The van der Waals surface area contributed by atoms with E-state index in [0.717, 1.165) is 11.3 Å². The number of anilines is 1. The highest BCUT2D eigenvalue weighted by molar-refractivity contribution is 7.94. The number of amides is 1. The van der Waals surface area contributed by atoms with E-state index in [0.29, 0.717) is 50.9 Å². The number of aromatic nitrogens is 2. The third-order valence-electron chi connectivity index (χ3n) is 5.40. The van der Waals surface area contributed by atoms with Crippen LogP contribution in [0.2, 0.25) is 0 Å². The summed E-state index contributed by atoms with van der Waals surface area (Å²) in [6.45, 7) is 8.88. The molecule has 3 aromatic rings. The van der Waals surface area contributed by atoms with E-state index in [4.69, 9.17) is 5.11 Å². The molecule has 0 saturated heterocycles. The zero-order chi connectivity index (χ0) is 26.6. The number of hydrogen-bond donors (Lipinski definition) is 2. The minimum Gasteiger partial charge on any atom is -0.481 e. The highest BCUT2D eigenvalue weighted by Gasteiger charge is 2.23. The molecule has 0 spiro atoms. The van der Waals surface area contributed by atoms with E-state index in [1.807, 2.05) is 0 Å². The molecule has 0 atom stereocenters. The molecule has 36 heavy (non-hydrogen) atoms. The van der Waals surface area contributed by atoms with E-state index < -0.39 is 16.0 Å². The number of aliphatic imine (C=N–C) groups is 1. The lowest BCUT2D eigenvalue weighted by Crippen LogP contribution is -2.28. The summed E-state index contributed by atoms with van der Waals surface area (Å²) < 4.78 is 28.7. The summed E-state index contributed by atoms with van der Waals surface area (Å²) in [4.78, 5) is 37.8. The summed E-state index contributed by atoms with van der Waals surface area (Å²) >= 11 is 1.09. The third-order valence-corrected chi connectivity index (χ3v) is 8.45. The van der Waals surface area contributed by atoms with Crippen LogP contribution in [-0.4, -0.2) is 60.6 Å². The van der Waals surface area contributed by atoms with Crippen LogP contribution < -0.4 is 4.72 Å². The smallest absolute Gasteiger partial charge is 0.303 e. The summed E-state index contributed by atoms with van der Waals surface area (Å²) in [5.74, 6) is -1.26. The van der Waals surface area contributed by atoms with Crippen molar-refractivity contribution < 1.29 is 23.1 Å². The van der Waals surface area contributed by atoms with Crippen molar-refractivity contribution in [2.45, 2.75) is 37.8 Å². The molecule has 12 heteroatoms. The number of sulfonamides is 1. The van der Waals surface area contributed by atoms with Gasteiger partial charge in [-0.15, -0.1) is 11.3 Å². The molecule has 0 aliphatic carbocycles. The van der Waals surface area contributed by atoms with Crippen LogP contribution in [0.4, 0.5) is 11.4 Å². The van der Waals surface area contributed by atoms with Crippen LogP contribution >= 0.6 is 11.3 Å². The van der Waals surface area contributed by atoms with Crippen molar-refractivity contribution in [3.8, 4) is 11.1 Å². The number of thiazole rings is 1. The van der Waals surface area contributed by atoms with Gasteiger partial charge in [0.2, 0.25) is 0 Å². The number of carboxylic acid groups (broad SMARTS) is 1. The average Bonchev–Trinajstić information content (AvgIpc) is 3.18. The SMILES string of the molecule is C=Nc1ccc(-c2cnc(C)c(NS(=O)(=O)c3sc(C)nc3C)c2)cc1C(=O)N(C)CCCC(=O)O. The number of carbonyl (C=O) groups excluding carboxylic acids is 1. The quantitative estimate of drug-likeness (QED) is 0.375. The van der Waals surface area contributed by atoms with Crippen molar-refractivity contribution in [3.05, 3.63) is 52.4 Å². The second-order valence-corrected chi connectivity index (χ2v) is 11.3. The Morgan fingerprint density at radius 1 is 1.17 bits per heavy atom. The highest BCUT2D eigenvalue weighted by atomic mass is 32.2. The Hall–Kier alpha value is -3.64. The Morgan fingerprint density at radius 3 is 2.50 bits per heavy atom. The summed E-state index contributed by atoms with van der Waals surface area (Å²) in [5, 5.41) is 9.49. The van der Waals surface area contributed by atoms with E-state index in [2.05, 4.69) is 26.4 Å². The first kappa shape index (κ1) is 27.0. The minimum atomic E-state index is -3.86. The Bertz CT molecular complexity index is 1430. The molecule has 0 fully saturated rings. The van der Waals surface area contributed by atoms with Crippen LogP contribution in [0.25, 0.3) is 11.1 Å². The number of aliphatic carboxylic acids is 1. The van der Waals surface area contributed by atoms with E-state index in [9.17, 15) is 18.0 Å². The minimum absolute atomic E-state index is 0.0431. The van der Waals surface area contributed by atoms with E-state index in [1.54, 1.807) is 58.3 Å². The number of nitrogens with one attached hydrogen (secondary N) is 1. The molecule has 2 N–H and O–H groups in total. The molecule has 0 bridgehead atoms. The maximum absolute atomic E-state index is 13.1. The monoisotopic (exact) mass is 529 g/mol. The number of pyridine rings is 1. The summed E-state index contributed by atoms with van der Waals surface area (Å²) in [5.41, 5.74) is 3.11. The summed E-state index contributed by atoms with van der Waals surface area (Å²) in [6, 6.07) is 6.69. The predicted octanol–water partition coefficient (Wildman–Crippen LogP) is 4.20. The van der Waals surface area contributed by atoms with Gasteiger partial charge in [-0.2, -0.15) is 0 Å². The highest BCUT2D eigenvalue weighted by Crippen LogP contribution is 2.31. The molecule has 1 amide bonds. The van der Waals surface area contributed by atoms with Gasteiger partial charge in [0.25, 0.3) is 15.9 Å². The lowest BCUT2D eigenvalue weighted by atomic mass is 10.0. The van der Waals surface area contributed by atoms with Crippen LogP contribution in [0.3, 0.4) is 0 Å². The molecular formula is C24H27N5O5S2. The Labute approximate surface area is 213 Å². The first-order valence-electron chi connectivity index (χ1n) is 10.9. The number of aryl methyl sites for hydroxylation is 3. The topological polar surface area (TPSA) is 142 Å². The lowest BCUT2D eigenvalue weighted by molar-refractivity contribution is -0.137. The molecule has 0 saturated carbocycles. The molecule has 2 heterocycles. The lowest BCUT2D eigenvalue weighted by Gasteiger charge is -2.18. The van der Waals surface area contributed by atoms with Gasteiger partial charge in [0.05, 0.1) is 33.3 Å². The van der Waals surface area contributed by atoms with Crippen molar-refractivity contribution in [2.75, 3.05) is 18.3 Å². The number of nitrogens with zero attached hydrogens (tertiary/aromatic N) is 4. The molecular weight excluding hydrogens is 502 g/mol. The first-order chi connectivity index (χ1) is 16.9. The third kappa shape index (κ3) is 6.13. The van der Waals surface area contributed by atoms with Gasteiger partial charge >= 0.3 is 5.97 Å². The zero-order valence-electron chi connectivity index (χ0n) is 20.4. The summed E-state index contributed by atoms with van der Waals surface area (Å²) in [6.07, 6.45) is 1.87. The molecule has 3 rings (SSSR count). The molecule has 2 aromatic heterocycles. The molecule has 0 unspecified atom stereocenters. The van der Waals surface area contributed by atoms with Crippen LogP contribution in [-0.2, 0) is 14.8 Å². The number of benzene rings is 1. The normalized spacial score (nSPS) is 11.2. The van der Waals surface area contributed by atoms with Gasteiger partial charge in [-0.3, -0.25) is 24.3 Å². The molecule has 0 aliphatic rings. The van der Waals surface area contributed by atoms with Gasteiger partial charge in [-0.05, 0) is 57.7 Å². The fourth-order valence-electron chi connectivity index (χ4n) is 3.55. The van der Waals surface area contributed by atoms with Crippen LogP contribution in [0.15, 0.2) is 39.7 Å². The van der Waals surface area contributed by atoms with Gasteiger partial charge in [0.1, 0.15) is 0 Å². The van der Waals surface area contributed by atoms with Gasteiger partial charge in [0, 0.05) is 31.8 Å². The van der Waals surface area contributed by atoms with Gasteiger partial charge in [-0.25, -0.2) is 13.4 Å². The number of carboxylic acids is 1. The molecule has 10 nitrogen and oxygen atoms in total. The molecule has 0 aliphatic heterocycles. The molecule has 190 valence electrons. The average molecular weight is 530 g/mol. The Morgan fingerprint density at radius 2 is 1.89 bits per heavy atom. The van der Waals surface area contributed by atoms with E-state index in [-0.39, 0.29) is 23.1 Å². The summed E-state index contributed by atoms with van der Waals surface area (Å²) in [7, 11) is -2.27. The van der Waals surface area contributed by atoms with Gasteiger partial charge in [0.15, 0.2) is 4.21 Å².